The average molecular weight is 336 g/mol. The summed E-state index contributed by atoms with van der Waals surface area (Å²) >= 11 is 0. The van der Waals surface area contributed by atoms with Gasteiger partial charge in [0.2, 0.25) is 11.7 Å². The Bertz CT molecular complexity index is 751. The van der Waals surface area contributed by atoms with E-state index >= 15 is 0 Å². The third-order valence-corrected chi connectivity index (χ3v) is 4.34. The predicted molar refractivity (Wildman–Crippen MR) is 70.4 cm³/mol. The van der Waals surface area contributed by atoms with Gasteiger partial charge in [-0.3, -0.25) is 14.9 Å². The fourth-order valence-corrected chi connectivity index (χ4v) is 2.81. The first-order chi connectivity index (χ1) is 10.1. The number of anilines is 1. The van der Waals surface area contributed by atoms with Crippen LogP contribution in [0.1, 0.15) is 6.42 Å². The molecule has 1 aromatic carbocycles. The standard InChI is InChI=1S/C11H10F2N2O6S/c1-21-10-3-7(12)8(15(17)18)4-9(10)14-5-6(2-11(14)16)22(13,19)20/h3-4,6H,2,5H2,1H3. The fraction of sp³-hybridized carbons (Fsp3) is 0.364. The van der Waals surface area contributed by atoms with Crippen LogP contribution in [0.25, 0.3) is 0 Å². The zero-order chi connectivity index (χ0) is 16.7. The zero-order valence-electron chi connectivity index (χ0n) is 11.2. The molecule has 0 bridgehead atoms. The van der Waals surface area contributed by atoms with E-state index in [1.807, 2.05) is 0 Å². The van der Waals surface area contributed by atoms with Crippen molar-refractivity contribution in [2.45, 2.75) is 11.7 Å². The Labute approximate surface area is 123 Å². The van der Waals surface area contributed by atoms with Crippen LogP contribution in [0.15, 0.2) is 12.1 Å². The molecule has 0 aromatic heterocycles. The van der Waals surface area contributed by atoms with Crippen molar-refractivity contribution in [3.8, 4) is 5.75 Å². The lowest BCUT2D eigenvalue weighted by Gasteiger charge is -2.19. The number of hydrogen-bond acceptors (Lipinski definition) is 6. The summed E-state index contributed by atoms with van der Waals surface area (Å²) < 4.78 is 53.2. The Morgan fingerprint density at radius 2 is 2.09 bits per heavy atom. The maximum atomic E-state index is 13.5. The number of carbonyl (C=O) groups excluding carboxylic acids is 1. The minimum absolute atomic E-state index is 0.188. The summed E-state index contributed by atoms with van der Waals surface area (Å²) in [5.74, 6) is -2.13. The van der Waals surface area contributed by atoms with E-state index in [0.29, 0.717) is 6.07 Å². The second kappa shape index (κ2) is 5.48. The molecule has 1 aliphatic heterocycles. The van der Waals surface area contributed by atoms with Gasteiger partial charge in [-0.15, -0.1) is 3.89 Å². The molecule has 1 aliphatic rings. The largest absolute Gasteiger partial charge is 0.494 e. The molecule has 1 atom stereocenters. The van der Waals surface area contributed by atoms with Crippen molar-refractivity contribution in [2.75, 3.05) is 18.6 Å². The lowest BCUT2D eigenvalue weighted by molar-refractivity contribution is -0.387. The second-order valence-electron chi connectivity index (χ2n) is 4.54. The van der Waals surface area contributed by atoms with Crippen molar-refractivity contribution >= 4 is 27.5 Å². The summed E-state index contributed by atoms with van der Waals surface area (Å²) in [5, 5.41) is 9.18. The predicted octanol–water partition coefficient (Wildman–Crippen LogP) is 1.15. The molecule has 1 heterocycles. The third-order valence-electron chi connectivity index (χ3n) is 3.22. The number of halogens is 2. The number of ether oxygens (including phenoxy) is 1. The summed E-state index contributed by atoms with van der Waals surface area (Å²) in [6.07, 6.45) is -0.604. The van der Waals surface area contributed by atoms with Gasteiger partial charge in [-0.25, -0.2) is 0 Å². The quantitative estimate of drug-likeness (QED) is 0.464. The van der Waals surface area contributed by atoms with E-state index in [2.05, 4.69) is 0 Å². The van der Waals surface area contributed by atoms with Crippen LogP contribution >= 0.6 is 0 Å². The van der Waals surface area contributed by atoms with E-state index in [0.717, 1.165) is 18.1 Å². The van der Waals surface area contributed by atoms with Crippen molar-refractivity contribution < 1.29 is 31.1 Å². The molecule has 0 N–H and O–H groups in total. The SMILES string of the molecule is COc1cc(F)c([N+](=O)[O-])cc1N1CC(S(=O)(=O)F)CC1=O. The van der Waals surface area contributed by atoms with Gasteiger partial charge in [-0.05, 0) is 0 Å². The number of carbonyl (C=O) groups is 1. The van der Waals surface area contributed by atoms with Crippen LogP contribution < -0.4 is 9.64 Å². The summed E-state index contributed by atoms with van der Waals surface area (Å²) in [6.45, 7) is -0.531. The molecular weight excluding hydrogens is 326 g/mol. The normalized spacial score (nSPS) is 18.6. The van der Waals surface area contributed by atoms with Gasteiger partial charge in [-0.1, -0.05) is 0 Å². The van der Waals surface area contributed by atoms with Gasteiger partial charge in [0.15, 0.2) is 0 Å². The topological polar surface area (TPSA) is 107 Å². The summed E-state index contributed by atoms with van der Waals surface area (Å²) in [5.41, 5.74) is -1.10. The molecule has 1 amide bonds. The highest BCUT2D eigenvalue weighted by Gasteiger charge is 2.40. The summed E-state index contributed by atoms with van der Waals surface area (Å²) in [6, 6.07) is 1.46. The molecule has 0 radical (unpaired) electrons. The molecule has 0 spiro atoms. The van der Waals surface area contributed by atoms with Gasteiger partial charge in [-0.2, -0.15) is 12.8 Å². The first-order valence-corrected chi connectivity index (χ1v) is 7.35. The molecule has 22 heavy (non-hydrogen) atoms. The molecule has 1 saturated heterocycles. The van der Waals surface area contributed by atoms with Gasteiger partial charge in [0.1, 0.15) is 11.0 Å². The highest BCUT2D eigenvalue weighted by atomic mass is 32.3. The number of methoxy groups -OCH3 is 1. The molecule has 2 rings (SSSR count). The van der Waals surface area contributed by atoms with Gasteiger partial charge in [0.05, 0.1) is 17.7 Å². The maximum absolute atomic E-state index is 13.5. The fourth-order valence-electron chi connectivity index (χ4n) is 2.14. The minimum atomic E-state index is -4.94. The number of nitrogens with zero attached hydrogens (tertiary/aromatic N) is 2. The maximum Gasteiger partial charge on any atom is 0.307 e. The second-order valence-corrected chi connectivity index (χ2v) is 6.16. The molecular formula is C11H10F2N2O6S. The van der Waals surface area contributed by atoms with Crippen molar-refractivity contribution in [1.29, 1.82) is 0 Å². The van der Waals surface area contributed by atoms with E-state index in [4.69, 9.17) is 4.74 Å². The van der Waals surface area contributed by atoms with Crippen LogP contribution in [-0.2, 0) is 15.0 Å². The molecule has 0 saturated carbocycles. The average Bonchev–Trinajstić information content (AvgIpc) is 2.80. The van der Waals surface area contributed by atoms with Crippen LogP contribution in [0, 0.1) is 15.9 Å². The van der Waals surface area contributed by atoms with Crippen LogP contribution in [0.4, 0.5) is 19.7 Å². The van der Waals surface area contributed by atoms with E-state index < -0.39 is 50.8 Å². The number of nitro benzene ring substituents is 1. The Morgan fingerprint density at radius 1 is 1.45 bits per heavy atom. The van der Waals surface area contributed by atoms with E-state index in [-0.39, 0.29) is 11.4 Å². The Morgan fingerprint density at radius 3 is 2.55 bits per heavy atom. The Hall–Kier alpha value is -2.30. The Kier molecular flexibility index (Phi) is 4.00. The van der Waals surface area contributed by atoms with Gasteiger partial charge >= 0.3 is 15.9 Å². The van der Waals surface area contributed by atoms with Gasteiger partial charge in [0.25, 0.3) is 0 Å². The van der Waals surface area contributed by atoms with E-state index in [1.165, 1.54) is 0 Å². The van der Waals surface area contributed by atoms with Crippen LogP contribution in [0.5, 0.6) is 5.75 Å². The number of nitro groups is 1. The molecule has 0 aliphatic carbocycles. The monoisotopic (exact) mass is 336 g/mol. The van der Waals surface area contributed by atoms with Crippen molar-refractivity contribution in [2.24, 2.45) is 0 Å². The van der Waals surface area contributed by atoms with Gasteiger partial charge < -0.3 is 9.64 Å². The van der Waals surface area contributed by atoms with Crippen molar-refractivity contribution in [1.82, 2.24) is 0 Å². The van der Waals surface area contributed by atoms with Crippen LogP contribution in [0.3, 0.4) is 0 Å². The number of hydrogen-bond donors (Lipinski definition) is 0. The van der Waals surface area contributed by atoms with Crippen molar-refractivity contribution in [3.63, 3.8) is 0 Å². The smallest absolute Gasteiger partial charge is 0.307 e. The van der Waals surface area contributed by atoms with Gasteiger partial charge in [0, 0.05) is 25.1 Å². The zero-order valence-corrected chi connectivity index (χ0v) is 12.0. The van der Waals surface area contributed by atoms with E-state index in [9.17, 15) is 31.6 Å². The highest BCUT2D eigenvalue weighted by Crippen LogP contribution is 2.37. The van der Waals surface area contributed by atoms with Crippen LogP contribution in [-0.4, -0.2) is 38.2 Å². The number of rotatable bonds is 4. The molecule has 1 unspecified atom stereocenters. The molecule has 11 heteroatoms. The lowest BCUT2D eigenvalue weighted by Crippen LogP contribution is -2.27. The number of benzene rings is 1. The van der Waals surface area contributed by atoms with Crippen molar-refractivity contribution in [3.05, 3.63) is 28.1 Å². The molecule has 1 aromatic rings. The summed E-state index contributed by atoms with van der Waals surface area (Å²) in [7, 11) is -3.79. The number of amides is 1. The first-order valence-electron chi connectivity index (χ1n) is 5.91. The molecule has 1 fully saturated rings. The third kappa shape index (κ3) is 2.84. The van der Waals surface area contributed by atoms with Crippen LogP contribution in [0.2, 0.25) is 0 Å². The molecule has 120 valence electrons. The first kappa shape index (κ1) is 16.1. The highest BCUT2D eigenvalue weighted by molar-refractivity contribution is 7.87. The summed E-state index contributed by atoms with van der Waals surface area (Å²) in [4.78, 5) is 22.4. The molecule has 8 nitrogen and oxygen atoms in total. The van der Waals surface area contributed by atoms with E-state index in [1.54, 1.807) is 0 Å². The minimum Gasteiger partial charge on any atom is -0.494 e. The Balaban J connectivity index is 2.50. The lowest BCUT2D eigenvalue weighted by atomic mass is 10.2.